The number of carbonyl (C=O) groups excluding carboxylic acids is 1. The maximum absolute atomic E-state index is 12.3. The van der Waals surface area contributed by atoms with Gasteiger partial charge in [-0.15, -0.1) is 0 Å². The second-order valence-electron chi connectivity index (χ2n) is 5.33. The lowest BCUT2D eigenvalue weighted by Crippen LogP contribution is -2.32. The fourth-order valence-electron chi connectivity index (χ4n) is 2.13. The number of hydrogen-bond acceptors (Lipinski definition) is 3. The van der Waals surface area contributed by atoms with Crippen LogP contribution in [0.5, 0.6) is 5.75 Å². The van der Waals surface area contributed by atoms with Crippen LogP contribution in [0.4, 0.5) is 11.4 Å². The molecule has 0 bridgehead atoms. The van der Waals surface area contributed by atoms with Crippen LogP contribution in [0.1, 0.15) is 18.1 Å². The summed E-state index contributed by atoms with van der Waals surface area (Å²) in [4.78, 5) is 12.3. The van der Waals surface area contributed by atoms with Gasteiger partial charge in [0.15, 0.2) is 0 Å². The normalized spacial score (nSPS) is 11.6. The summed E-state index contributed by atoms with van der Waals surface area (Å²) in [5, 5.41) is 6.15. The molecule has 0 unspecified atom stereocenters. The molecule has 2 aromatic carbocycles. The molecule has 2 aromatic rings. The molecule has 0 saturated carbocycles. The molecule has 116 valence electrons. The van der Waals surface area contributed by atoms with Gasteiger partial charge in [0, 0.05) is 11.4 Å². The van der Waals surface area contributed by atoms with Crippen LogP contribution in [-0.2, 0) is 4.79 Å². The molecule has 0 aromatic heterocycles. The number of amides is 1. The van der Waals surface area contributed by atoms with Gasteiger partial charge < -0.3 is 15.4 Å². The number of benzene rings is 2. The fraction of sp³-hybridized carbons (Fsp3) is 0.278. The Balaban J connectivity index is 2.01. The van der Waals surface area contributed by atoms with Crippen molar-refractivity contribution in [2.24, 2.45) is 0 Å². The monoisotopic (exact) mass is 298 g/mol. The molecule has 0 spiro atoms. The van der Waals surface area contributed by atoms with Crippen LogP contribution < -0.4 is 15.4 Å². The van der Waals surface area contributed by atoms with Crippen molar-refractivity contribution in [3.63, 3.8) is 0 Å². The van der Waals surface area contributed by atoms with Crippen molar-refractivity contribution >= 4 is 17.3 Å². The van der Waals surface area contributed by atoms with E-state index in [1.54, 1.807) is 7.11 Å². The minimum absolute atomic E-state index is 0.0777. The number of carbonyl (C=O) groups is 1. The summed E-state index contributed by atoms with van der Waals surface area (Å²) in [7, 11) is 1.61. The summed E-state index contributed by atoms with van der Waals surface area (Å²) in [6.07, 6.45) is 0. The Bertz CT molecular complexity index is 651. The summed E-state index contributed by atoms with van der Waals surface area (Å²) in [6, 6.07) is 13.0. The highest BCUT2D eigenvalue weighted by Crippen LogP contribution is 2.19. The summed E-state index contributed by atoms with van der Waals surface area (Å²) in [6.45, 7) is 5.95. The van der Waals surface area contributed by atoms with Gasteiger partial charge in [-0.2, -0.15) is 0 Å². The van der Waals surface area contributed by atoms with Gasteiger partial charge >= 0.3 is 0 Å². The molecule has 4 nitrogen and oxygen atoms in total. The van der Waals surface area contributed by atoms with Gasteiger partial charge in [0.05, 0.1) is 7.11 Å². The molecule has 2 rings (SSSR count). The maximum atomic E-state index is 12.3. The van der Waals surface area contributed by atoms with Gasteiger partial charge in [-0.1, -0.05) is 12.1 Å². The van der Waals surface area contributed by atoms with E-state index in [2.05, 4.69) is 23.6 Å². The number of methoxy groups -OCH3 is 1. The van der Waals surface area contributed by atoms with Crippen LogP contribution in [0.2, 0.25) is 0 Å². The third kappa shape index (κ3) is 3.79. The number of anilines is 2. The highest BCUT2D eigenvalue weighted by atomic mass is 16.5. The summed E-state index contributed by atoms with van der Waals surface area (Å²) in [5.74, 6) is 0.686. The predicted octanol–water partition coefficient (Wildman–Crippen LogP) is 3.75. The molecule has 0 aliphatic heterocycles. The highest BCUT2D eigenvalue weighted by Gasteiger charge is 2.14. The zero-order chi connectivity index (χ0) is 16.1. The Morgan fingerprint density at radius 2 is 1.77 bits per heavy atom. The van der Waals surface area contributed by atoms with Gasteiger partial charge in [0.25, 0.3) is 0 Å². The van der Waals surface area contributed by atoms with Gasteiger partial charge in [-0.25, -0.2) is 0 Å². The highest BCUT2D eigenvalue weighted by molar-refractivity contribution is 5.96. The second-order valence-corrected chi connectivity index (χ2v) is 5.33. The standard InChI is InChI=1S/C18H22N2O2/c1-12-6-5-7-17(13(12)2)19-14(3)18(21)20-15-8-10-16(22-4)11-9-15/h5-11,14,19H,1-4H3,(H,20,21)/t14-/m0/s1. The van der Waals surface area contributed by atoms with Crippen molar-refractivity contribution in [1.82, 2.24) is 0 Å². The third-order valence-electron chi connectivity index (χ3n) is 3.73. The molecule has 2 N–H and O–H groups in total. The summed E-state index contributed by atoms with van der Waals surface area (Å²) in [5.41, 5.74) is 4.09. The van der Waals surface area contributed by atoms with Crippen LogP contribution in [-0.4, -0.2) is 19.1 Å². The molecule has 4 heteroatoms. The maximum Gasteiger partial charge on any atom is 0.246 e. The first-order chi connectivity index (χ1) is 10.5. The average Bonchev–Trinajstić information content (AvgIpc) is 2.52. The quantitative estimate of drug-likeness (QED) is 0.884. The summed E-state index contributed by atoms with van der Waals surface area (Å²) < 4.78 is 5.10. The molecule has 0 fully saturated rings. The SMILES string of the molecule is COc1ccc(NC(=O)[C@H](C)Nc2cccc(C)c2C)cc1. The minimum atomic E-state index is -0.331. The molecule has 0 radical (unpaired) electrons. The van der Waals surface area contributed by atoms with E-state index in [9.17, 15) is 4.79 Å². The van der Waals surface area contributed by atoms with Crippen molar-refractivity contribution < 1.29 is 9.53 Å². The molecule has 0 aliphatic carbocycles. The summed E-state index contributed by atoms with van der Waals surface area (Å²) >= 11 is 0. The second kappa shape index (κ2) is 6.98. The molecular weight excluding hydrogens is 276 g/mol. The molecule has 0 saturated heterocycles. The molecule has 0 heterocycles. The Kier molecular flexibility index (Phi) is 5.04. The van der Waals surface area contributed by atoms with Gasteiger partial charge in [0.2, 0.25) is 5.91 Å². The fourth-order valence-corrected chi connectivity index (χ4v) is 2.13. The first kappa shape index (κ1) is 15.9. The van der Waals surface area contributed by atoms with E-state index in [1.165, 1.54) is 5.56 Å². The molecule has 22 heavy (non-hydrogen) atoms. The number of ether oxygens (including phenoxy) is 1. The van der Waals surface area contributed by atoms with Crippen molar-refractivity contribution in [2.45, 2.75) is 26.8 Å². The molecular formula is C18H22N2O2. The van der Waals surface area contributed by atoms with E-state index < -0.39 is 0 Å². The van der Waals surface area contributed by atoms with Crippen LogP contribution in [0.25, 0.3) is 0 Å². The van der Waals surface area contributed by atoms with Crippen LogP contribution in [0.3, 0.4) is 0 Å². The Labute approximate surface area is 131 Å². The predicted molar refractivity (Wildman–Crippen MR) is 90.6 cm³/mol. The van der Waals surface area contributed by atoms with E-state index in [1.807, 2.05) is 50.2 Å². The Morgan fingerprint density at radius 1 is 1.09 bits per heavy atom. The van der Waals surface area contributed by atoms with E-state index >= 15 is 0 Å². The Hall–Kier alpha value is -2.49. The molecule has 0 aliphatic rings. The van der Waals surface area contributed by atoms with Gasteiger partial charge in [-0.3, -0.25) is 4.79 Å². The van der Waals surface area contributed by atoms with E-state index in [-0.39, 0.29) is 11.9 Å². The minimum Gasteiger partial charge on any atom is -0.497 e. The number of hydrogen-bond donors (Lipinski definition) is 2. The van der Waals surface area contributed by atoms with E-state index in [0.29, 0.717) is 0 Å². The van der Waals surface area contributed by atoms with Crippen LogP contribution >= 0.6 is 0 Å². The lowest BCUT2D eigenvalue weighted by molar-refractivity contribution is -0.116. The molecule has 1 atom stereocenters. The Morgan fingerprint density at radius 3 is 2.41 bits per heavy atom. The van der Waals surface area contributed by atoms with Crippen LogP contribution in [0, 0.1) is 13.8 Å². The van der Waals surface area contributed by atoms with Crippen molar-refractivity contribution in [1.29, 1.82) is 0 Å². The van der Waals surface area contributed by atoms with Crippen molar-refractivity contribution in [3.05, 3.63) is 53.6 Å². The topological polar surface area (TPSA) is 50.4 Å². The lowest BCUT2D eigenvalue weighted by Gasteiger charge is -2.18. The molecule has 1 amide bonds. The first-order valence-electron chi connectivity index (χ1n) is 7.29. The van der Waals surface area contributed by atoms with E-state index in [0.717, 1.165) is 22.7 Å². The lowest BCUT2D eigenvalue weighted by atomic mass is 10.1. The van der Waals surface area contributed by atoms with Crippen LogP contribution in [0.15, 0.2) is 42.5 Å². The number of rotatable bonds is 5. The zero-order valence-electron chi connectivity index (χ0n) is 13.4. The van der Waals surface area contributed by atoms with Gasteiger partial charge in [-0.05, 0) is 62.2 Å². The number of nitrogens with one attached hydrogen (secondary N) is 2. The third-order valence-corrected chi connectivity index (χ3v) is 3.73. The largest absolute Gasteiger partial charge is 0.497 e. The van der Waals surface area contributed by atoms with Crippen molar-refractivity contribution in [2.75, 3.05) is 17.7 Å². The zero-order valence-corrected chi connectivity index (χ0v) is 13.4. The average molecular weight is 298 g/mol. The van der Waals surface area contributed by atoms with Crippen molar-refractivity contribution in [3.8, 4) is 5.75 Å². The van der Waals surface area contributed by atoms with Gasteiger partial charge in [0.1, 0.15) is 11.8 Å². The number of aryl methyl sites for hydroxylation is 1. The first-order valence-corrected chi connectivity index (χ1v) is 7.29. The van der Waals surface area contributed by atoms with E-state index in [4.69, 9.17) is 4.74 Å². The smallest absolute Gasteiger partial charge is 0.246 e.